The van der Waals surface area contributed by atoms with Gasteiger partial charge in [-0.1, -0.05) is 12.1 Å². The van der Waals surface area contributed by atoms with Gasteiger partial charge in [0.2, 0.25) is 0 Å². The first-order valence-corrected chi connectivity index (χ1v) is 6.04. The number of carbonyl (C=O) groups excluding carboxylic acids is 1. The summed E-state index contributed by atoms with van der Waals surface area (Å²) in [5, 5.41) is 9.14. The van der Waals surface area contributed by atoms with Crippen LogP contribution in [0, 0.1) is 0 Å². The summed E-state index contributed by atoms with van der Waals surface area (Å²) in [6, 6.07) is 5.30. The normalized spacial score (nSPS) is 10.4. The second-order valence-electron chi connectivity index (χ2n) is 3.71. The highest BCUT2D eigenvalue weighted by Gasteiger charge is 2.11. The molecule has 17 heavy (non-hydrogen) atoms. The molecule has 1 N–H and O–H groups in total. The number of hydrogen-bond donors (Lipinski definition) is 1. The number of aliphatic hydroxyl groups is 1. The maximum atomic E-state index is 11.3. The van der Waals surface area contributed by atoms with Crippen molar-refractivity contribution in [2.24, 2.45) is 0 Å². The standard InChI is InChI=1S/C12H15BrO4/c1-8(2)17-11(15)7-16-12-9(6-14)4-3-5-10(12)13/h3-5,8,14H,6-7H2,1-2H3. The Labute approximate surface area is 109 Å². The topological polar surface area (TPSA) is 55.8 Å². The number of halogens is 1. The zero-order valence-corrected chi connectivity index (χ0v) is 11.4. The number of ether oxygens (including phenoxy) is 2. The summed E-state index contributed by atoms with van der Waals surface area (Å²) < 4.78 is 11.0. The molecule has 0 atom stereocenters. The van der Waals surface area contributed by atoms with Crippen molar-refractivity contribution < 1.29 is 19.4 Å². The van der Waals surface area contributed by atoms with Crippen molar-refractivity contribution in [3.63, 3.8) is 0 Å². The molecule has 0 bridgehead atoms. The van der Waals surface area contributed by atoms with Gasteiger partial charge in [-0.15, -0.1) is 0 Å². The minimum Gasteiger partial charge on any atom is -0.480 e. The van der Waals surface area contributed by atoms with Crippen LogP contribution in [-0.2, 0) is 16.1 Å². The van der Waals surface area contributed by atoms with Gasteiger partial charge in [-0.3, -0.25) is 0 Å². The van der Waals surface area contributed by atoms with Crippen LogP contribution in [0.5, 0.6) is 5.75 Å². The fourth-order valence-electron chi connectivity index (χ4n) is 1.27. The molecule has 0 radical (unpaired) electrons. The van der Waals surface area contributed by atoms with Crippen LogP contribution in [0.3, 0.4) is 0 Å². The van der Waals surface area contributed by atoms with Gasteiger partial charge in [-0.25, -0.2) is 4.79 Å². The van der Waals surface area contributed by atoms with Crippen LogP contribution in [-0.4, -0.2) is 23.8 Å². The molecule has 0 fully saturated rings. The van der Waals surface area contributed by atoms with Crippen LogP contribution in [0.15, 0.2) is 22.7 Å². The molecule has 4 nitrogen and oxygen atoms in total. The highest BCUT2D eigenvalue weighted by Crippen LogP contribution is 2.29. The number of para-hydroxylation sites is 1. The molecule has 0 saturated heterocycles. The van der Waals surface area contributed by atoms with Crippen LogP contribution in [0.2, 0.25) is 0 Å². The van der Waals surface area contributed by atoms with Crippen molar-refractivity contribution in [1.29, 1.82) is 0 Å². The van der Waals surface area contributed by atoms with Gasteiger partial charge in [-0.2, -0.15) is 0 Å². The Balaban J connectivity index is 2.65. The highest BCUT2D eigenvalue weighted by atomic mass is 79.9. The van der Waals surface area contributed by atoms with E-state index in [4.69, 9.17) is 14.6 Å². The van der Waals surface area contributed by atoms with E-state index in [1.165, 1.54) is 0 Å². The fourth-order valence-corrected chi connectivity index (χ4v) is 1.79. The van der Waals surface area contributed by atoms with E-state index in [-0.39, 0.29) is 19.3 Å². The zero-order chi connectivity index (χ0) is 12.8. The summed E-state index contributed by atoms with van der Waals surface area (Å²) >= 11 is 3.30. The minimum atomic E-state index is -0.431. The first-order chi connectivity index (χ1) is 8.04. The molecule has 0 aliphatic carbocycles. The molecule has 0 saturated carbocycles. The number of esters is 1. The molecule has 1 aromatic carbocycles. The lowest BCUT2D eigenvalue weighted by Crippen LogP contribution is -2.19. The smallest absolute Gasteiger partial charge is 0.344 e. The van der Waals surface area contributed by atoms with E-state index in [1.807, 2.05) is 0 Å². The molecule has 0 heterocycles. The van der Waals surface area contributed by atoms with E-state index < -0.39 is 5.97 Å². The predicted molar refractivity (Wildman–Crippen MR) is 66.8 cm³/mol. The lowest BCUT2D eigenvalue weighted by molar-refractivity contribution is -0.149. The van der Waals surface area contributed by atoms with Crippen molar-refractivity contribution >= 4 is 21.9 Å². The molecular weight excluding hydrogens is 288 g/mol. The van der Waals surface area contributed by atoms with Crippen molar-refractivity contribution in [3.05, 3.63) is 28.2 Å². The quantitative estimate of drug-likeness (QED) is 0.848. The summed E-state index contributed by atoms with van der Waals surface area (Å²) in [7, 11) is 0. The molecule has 94 valence electrons. The largest absolute Gasteiger partial charge is 0.480 e. The number of rotatable bonds is 5. The Hall–Kier alpha value is -1.07. The molecule has 0 aliphatic heterocycles. The van der Waals surface area contributed by atoms with Crippen LogP contribution in [0.4, 0.5) is 0 Å². The summed E-state index contributed by atoms with van der Waals surface area (Å²) in [4.78, 5) is 11.3. The van der Waals surface area contributed by atoms with Gasteiger partial charge in [0.05, 0.1) is 17.2 Å². The maximum Gasteiger partial charge on any atom is 0.344 e. The average Bonchev–Trinajstić information content (AvgIpc) is 2.26. The van der Waals surface area contributed by atoms with Crippen molar-refractivity contribution in [1.82, 2.24) is 0 Å². The lowest BCUT2D eigenvalue weighted by Gasteiger charge is -2.12. The minimum absolute atomic E-state index is 0.145. The van der Waals surface area contributed by atoms with Gasteiger partial charge in [0.25, 0.3) is 0 Å². The second-order valence-corrected chi connectivity index (χ2v) is 4.57. The number of hydrogen-bond acceptors (Lipinski definition) is 4. The van der Waals surface area contributed by atoms with E-state index in [0.717, 1.165) is 0 Å². The van der Waals surface area contributed by atoms with Gasteiger partial charge in [0.1, 0.15) is 5.75 Å². The van der Waals surface area contributed by atoms with Crippen molar-refractivity contribution in [2.45, 2.75) is 26.6 Å². The summed E-state index contributed by atoms with van der Waals surface area (Å²) in [6.07, 6.45) is -0.164. The third-order valence-corrected chi connectivity index (χ3v) is 2.54. The molecule has 5 heteroatoms. The van der Waals surface area contributed by atoms with Gasteiger partial charge in [-0.05, 0) is 35.8 Å². The molecule has 1 aromatic rings. The first-order valence-electron chi connectivity index (χ1n) is 5.25. The fraction of sp³-hybridized carbons (Fsp3) is 0.417. The number of benzene rings is 1. The average molecular weight is 303 g/mol. The van der Waals surface area contributed by atoms with Crippen molar-refractivity contribution in [3.8, 4) is 5.75 Å². The van der Waals surface area contributed by atoms with Gasteiger partial charge >= 0.3 is 5.97 Å². The maximum absolute atomic E-state index is 11.3. The van der Waals surface area contributed by atoms with Gasteiger partial charge < -0.3 is 14.6 Å². The molecule has 0 amide bonds. The Morgan fingerprint density at radius 2 is 2.18 bits per heavy atom. The van der Waals surface area contributed by atoms with E-state index in [2.05, 4.69) is 15.9 Å². The summed E-state index contributed by atoms with van der Waals surface area (Å²) in [5.74, 6) is 0.0374. The molecule has 0 unspecified atom stereocenters. The van der Waals surface area contributed by atoms with Crippen LogP contribution in [0.1, 0.15) is 19.4 Å². The molecule has 0 aliphatic rings. The van der Waals surface area contributed by atoms with Gasteiger partial charge in [0, 0.05) is 5.56 Å². The Kier molecular flexibility index (Phi) is 5.44. The van der Waals surface area contributed by atoms with E-state index >= 15 is 0 Å². The molecular formula is C12H15BrO4. The Morgan fingerprint density at radius 1 is 1.47 bits per heavy atom. The van der Waals surface area contributed by atoms with E-state index in [1.54, 1.807) is 32.0 Å². The monoisotopic (exact) mass is 302 g/mol. The predicted octanol–water partition coefficient (Wildman–Crippen LogP) is 2.27. The first kappa shape index (κ1) is 14.0. The number of aliphatic hydroxyl groups excluding tert-OH is 1. The number of carbonyl (C=O) groups is 1. The van der Waals surface area contributed by atoms with E-state index in [9.17, 15) is 4.79 Å². The Bertz CT molecular complexity index is 390. The molecule has 1 rings (SSSR count). The SMILES string of the molecule is CC(C)OC(=O)COc1c(Br)cccc1CO. The third kappa shape index (κ3) is 4.36. The highest BCUT2D eigenvalue weighted by molar-refractivity contribution is 9.10. The lowest BCUT2D eigenvalue weighted by atomic mass is 10.2. The van der Waals surface area contributed by atoms with E-state index in [0.29, 0.717) is 15.8 Å². The van der Waals surface area contributed by atoms with Crippen LogP contribution >= 0.6 is 15.9 Å². The van der Waals surface area contributed by atoms with Gasteiger partial charge in [0.15, 0.2) is 6.61 Å². The molecule has 0 aromatic heterocycles. The third-order valence-electron chi connectivity index (χ3n) is 1.92. The van der Waals surface area contributed by atoms with Crippen LogP contribution < -0.4 is 4.74 Å². The van der Waals surface area contributed by atoms with Crippen LogP contribution in [0.25, 0.3) is 0 Å². The summed E-state index contributed by atoms with van der Waals surface area (Å²) in [6.45, 7) is 3.23. The molecule has 0 spiro atoms. The van der Waals surface area contributed by atoms with Crippen molar-refractivity contribution in [2.75, 3.05) is 6.61 Å². The second kappa shape index (κ2) is 6.61. The Morgan fingerprint density at radius 3 is 2.76 bits per heavy atom. The zero-order valence-electron chi connectivity index (χ0n) is 9.77. The summed E-state index contributed by atoms with van der Waals surface area (Å²) in [5.41, 5.74) is 0.622.